The van der Waals surface area contributed by atoms with E-state index in [-0.39, 0.29) is 18.2 Å². The first kappa shape index (κ1) is 23.4. The first-order valence-corrected chi connectivity index (χ1v) is 11.1. The minimum atomic E-state index is -0.481. The van der Waals surface area contributed by atoms with Crippen LogP contribution in [0.5, 0.6) is 17.2 Å². The van der Waals surface area contributed by atoms with Gasteiger partial charge in [-0.1, -0.05) is 41.9 Å². The molecule has 3 aromatic carbocycles. The van der Waals surface area contributed by atoms with Crippen LogP contribution in [0.4, 0.5) is 5.69 Å². The molecular weight excluding hydrogens is 456 g/mol. The molecule has 8 heteroatoms. The number of methoxy groups -OCH3 is 3. The zero-order valence-corrected chi connectivity index (χ0v) is 19.9. The number of ether oxygens (including phenoxy) is 3. The van der Waals surface area contributed by atoms with E-state index in [1.54, 1.807) is 24.1 Å². The molecule has 7 nitrogen and oxygen atoms in total. The Kier molecular flexibility index (Phi) is 6.93. The van der Waals surface area contributed by atoms with Gasteiger partial charge in [0, 0.05) is 18.2 Å². The monoisotopic (exact) mass is 480 g/mol. The molecule has 0 saturated heterocycles. The summed E-state index contributed by atoms with van der Waals surface area (Å²) in [6.45, 7) is 0.427. The molecule has 176 valence electrons. The summed E-state index contributed by atoms with van der Waals surface area (Å²) in [5, 5.41) is 3.21. The summed E-state index contributed by atoms with van der Waals surface area (Å²) >= 11 is 6.25. The van der Waals surface area contributed by atoms with Gasteiger partial charge in [0.2, 0.25) is 5.91 Å². The van der Waals surface area contributed by atoms with Crippen LogP contribution < -0.4 is 19.5 Å². The van der Waals surface area contributed by atoms with Crippen LogP contribution in [0.15, 0.2) is 60.7 Å². The summed E-state index contributed by atoms with van der Waals surface area (Å²) in [6, 6.07) is 17.6. The fourth-order valence-electron chi connectivity index (χ4n) is 4.10. The highest BCUT2D eigenvalue weighted by atomic mass is 35.5. The van der Waals surface area contributed by atoms with E-state index in [4.69, 9.17) is 25.8 Å². The average molecular weight is 481 g/mol. The SMILES string of the molecule is COc1ccc(C(CC(=O)Nc2cc(Cl)c(OC)cc2OC)N2Cc3ccccc3C2=O)cc1. The molecule has 0 spiro atoms. The maximum Gasteiger partial charge on any atom is 0.255 e. The third kappa shape index (κ3) is 4.65. The Labute approximate surface area is 203 Å². The predicted octanol–water partition coefficient (Wildman–Crippen LogP) is 5.09. The molecule has 1 atom stereocenters. The first-order valence-electron chi connectivity index (χ1n) is 10.7. The standard InChI is InChI=1S/C26H25ClN2O5/c1-32-18-10-8-16(9-11-18)22(29-15-17-6-4-5-7-19(17)26(29)31)13-25(30)28-21-12-20(27)23(33-2)14-24(21)34-3/h4-12,14,22H,13,15H2,1-3H3,(H,28,30). The summed E-state index contributed by atoms with van der Waals surface area (Å²) in [5.41, 5.74) is 2.85. The molecule has 1 unspecified atom stereocenters. The van der Waals surface area contributed by atoms with Gasteiger partial charge in [0.25, 0.3) is 5.91 Å². The molecule has 0 fully saturated rings. The highest BCUT2D eigenvalue weighted by Crippen LogP contribution is 2.37. The van der Waals surface area contributed by atoms with Gasteiger partial charge >= 0.3 is 0 Å². The van der Waals surface area contributed by atoms with Crippen LogP contribution in [-0.4, -0.2) is 38.0 Å². The molecule has 0 bridgehead atoms. The Bertz CT molecular complexity index is 1210. The van der Waals surface area contributed by atoms with E-state index in [0.29, 0.717) is 40.1 Å². The zero-order valence-electron chi connectivity index (χ0n) is 19.1. The number of hydrogen-bond acceptors (Lipinski definition) is 5. The summed E-state index contributed by atoms with van der Waals surface area (Å²) in [5.74, 6) is 1.16. The van der Waals surface area contributed by atoms with E-state index in [1.165, 1.54) is 14.2 Å². The van der Waals surface area contributed by atoms with Gasteiger partial charge in [0.1, 0.15) is 17.2 Å². The molecule has 0 aliphatic carbocycles. The van der Waals surface area contributed by atoms with Crippen LogP contribution in [0, 0.1) is 0 Å². The lowest BCUT2D eigenvalue weighted by atomic mass is 10.0. The topological polar surface area (TPSA) is 77.1 Å². The van der Waals surface area contributed by atoms with Crippen LogP contribution in [0.2, 0.25) is 5.02 Å². The predicted molar refractivity (Wildman–Crippen MR) is 130 cm³/mol. The number of nitrogens with zero attached hydrogens (tertiary/aromatic N) is 1. The molecule has 2 amide bonds. The van der Waals surface area contributed by atoms with E-state index < -0.39 is 6.04 Å². The van der Waals surface area contributed by atoms with Crippen molar-refractivity contribution in [2.24, 2.45) is 0 Å². The molecule has 34 heavy (non-hydrogen) atoms. The second-order valence-corrected chi connectivity index (χ2v) is 8.23. The number of nitrogens with one attached hydrogen (secondary N) is 1. The first-order chi connectivity index (χ1) is 16.4. The molecule has 0 saturated carbocycles. The van der Waals surface area contributed by atoms with Crippen molar-refractivity contribution in [3.8, 4) is 17.2 Å². The maximum atomic E-state index is 13.2. The van der Waals surface area contributed by atoms with Crippen LogP contribution >= 0.6 is 11.6 Å². The number of hydrogen-bond donors (Lipinski definition) is 1. The van der Waals surface area contributed by atoms with Crippen LogP contribution in [-0.2, 0) is 11.3 Å². The van der Waals surface area contributed by atoms with Crippen molar-refractivity contribution in [1.82, 2.24) is 4.90 Å². The Morgan fingerprint density at radius 1 is 1.00 bits per heavy atom. The second-order valence-electron chi connectivity index (χ2n) is 7.82. The van der Waals surface area contributed by atoms with Crippen molar-refractivity contribution in [3.05, 3.63) is 82.4 Å². The number of fused-ring (bicyclic) bond motifs is 1. The van der Waals surface area contributed by atoms with Crippen molar-refractivity contribution in [3.63, 3.8) is 0 Å². The molecule has 0 radical (unpaired) electrons. The van der Waals surface area contributed by atoms with Gasteiger partial charge in [-0.3, -0.25) is 9.59 Å². The quantitative estimate of drug-likeness (QED) is 0.486. The van der Waals surface area contributed by atoms with Crippen LogP contribution in [0.1, 0.15) is 33.9 Å². The lowest BCUT2D eigenvalue weighted by molar-refractivity contribution is -0.117. The summed E-state index contributed by atoms with van der Waals surface area (Å²) < 4.78 is 15.9. The van der Waals surface area contributed by atoms with Gasteiger partial charge in [-0.25, -0.2) is 0 Å². The Balaban J connectivity index is 1.62. The van der Waals surface area contributed by atoms with Gasteiger partial charge in [-0.2, -0.15) is 0 Å². The molecule has 3 aromatic rings. The largest absolute Gasteiger partial charge is 0.497 e. The Morgan fingerprint density at radius 3 is 2.35 bits per heavy atom. The molecule has 1 heterocycles. The lowest BCUT2D eigenvalue weighted by Gasteiger charge is -2.28. The van der Waals surface area contributed by atoms with Crippen LogP contribution in [0.3, 0.4) is 0 Å². The molecule has 1 N–H and O–H groups in total. The fraction of sp³-hybridized carbons (Fsp3) is 0.231. The van der Waals surface area contributed by atoms with Gasteiger partial charge in [0.05, 0.1) is 44.5 Å². The van der Waals surface area contributed by atoms with E-state index in [2.05, 4.69) is 5.32 Å². The molecule has 4 rings (SSSR count). The van der Waals surface area contributed by atoms with Crippen molar-refractivity contribution in [2.45, 2.75) is 19.0 Å². The maximum absolute atomic E-state index is 13.2. The van der Waals surface area contributed by atoms with Crippen molar-refractivity contribution >= 4 is 29.1 Å². The smallest absolute Gasteiger partial charge is 0.255 e. The van der Waals surface area contributed by atoms with Crippen LogP contribution in [0.25, 0.3) is 0 Å². The van der Waals surface area contributed by atoms with E-state index in [0.717, 1.165) is 11.1 Å². The fourth-order valence-corrected chi connectivity index (χ4v) is 4.34. The van der Waals surface area contributed by atoms with Gasteiger partial charge in [-0.05, 0) is 35.4 Å². The Morgan fingerprint density at radius 2 is 1.71 bits per heavy atom. The number of amides is 2. The van der Waals surface area contributed by atoms with Gasteiger partial charge in [-0.15, -0.1) is 0 Å². The number of halogens is 1. The lowest BCUT2D eigenvalue weighted by Crippen LogP contribution is -2.32. The number of anilines is 1. The molecule has 1 aliphatic rings. The number of benzene rings is 3. The van der Waals surface area contributed by atoms with E-state index in [1.807, 2.05) is 48.5 Å². The Hall–Kier alpha value is -3.71. The van der Waals surface area contributed by atoms with Crippen molar-refractivity contribution in [1.29, 1.82) is 0 Å². The highest BCUT2D eigenvalue weighted by molar-refractivity contribution is 6.32. The minimum absolute atomic E-state index is 0.0405. The number of carbonyl (C=O) groups is 2. The summed E-state index contributed by atoms with van der Waals surface area (Å²) in [4.78, 5) is 28.1. The number of rotatable bonds is 8. The second kappa shape index (κ2) is 10.1. The number of carbonyl (C=O) groups excluding carboxylic acids is 2. The minimum Gasteiger partial charge on any atom is -0.497 e. The highest BCUT2D eigenvalue weighted by Gasteiger charge is 2.34. The third-order valence-corrected chi connectivity index (χ3v) is 6.15. The molecular formula is C26H25ClN2O5. The normalized spacial score (nSPS) is 13.3. The average Bonchev–Trinajstić information content (AvgIpc) is 3.19. The molecule has 0 aromatic heterocycles. The van der Waals surface area contributed by atoms with Gasteiger partial charge in [0.15, 0.2) is 0 Å². The zero-order chi connectivity index (χ0) is 24.2. The summed E-state index contributed by atoms with van der Waals surface area (Å²) in [6.07, 6.45) is 0.0405. The third-order valence-electron chi connectivity index (χ3n) is 5.85. The summed E-state index contributed by atoms with van der Waals surface area (Å²) in [7, 11) is 4.59. The van der Waals surface area contributed by atoms with Crippen molar-refractivity contribution < 1.29 is 23.8 Å². The van der Waals surface area contributed by atoms with E-state index in [9.17, 15) is 9.59 Å². The van der Waals surface area contributed by atoms with Crippen molar-refractivity contribution in [2.75, 3.05) is 26.6 Å². The molecule has 1 aliphatic heterocycles. The van der Waals surface area contributed by atoms with Gasteiger partial charge < -0.3 is 24.4 Å². The van der Waals surface area contributed by atoms with E-state index >= 15 is 0 Å².